The van der Waals surface area contributed by atoms with Crippen molar-refractivity contribution >= 4 is 37.8 Å². The maximum atomic E-state index is 11.1. The number of ether oxygens (including phenoxy) is 2. The van der Waals surface area contributed by atoms with Gasteiger partial charge in [-0.2, -0.15) is 0 Å². The Hall–Kier alpha value is 0.350. The highest BCUT2D eigenvalue weighted by Crippen LogP contribution is 2.09. The van der Waals surface area contributed by atoms with Crippen LogP contribution in [0.5, 0.6) is 0 Å². The molecule has 0 atom stereocenters. The summed E-state index contributed by atoms with van der Waals surface area (Å²) in [7, 11) is 0. The summed E-state index contributed by atoms with van der Waals surface area (Å²) < 4.78 is 9.93. The minimum Gasteiger partial charge on any atom is -0.464 e. The zero-order valence-corrected chi connectivity index (χ0v) is 12.4. The van der Waals surface area contributed by atoms with Crippen LogP contribution in [0.1, 0.15) is 12.8 Å². The molecule has 0 aromatic rings. The molecular formula is C10H18Br2NO3+. The number of quaternary nitrogens is 1. The lowest BCUT2D eigenvalue weighted by Gasteiger charge is -2.23. The van der Waals surface area contributed by atoms with Crippen LogP contribution in [-0.2, 0) is 14.3 Å². The van der Waals surface area contributed by atoms with Crippen molar-refractivity contribution in [3.8, 4) is 0 Å². The van der Waals surface area contributed by atoms with Crippen LogP contribution >= 0.6 is 31.9 Å². The smallest absolute Gasteiger partial charge is 0.330 e. The number of rotatable bonds is 6. The number of unbranched alkanes of at least 4 members (excludes halogenated alkanes) is 1. The van der Waals surface area contributed by atoms with Gasteiger partial charge in [0.2, 0.25) is 0 Å². The van der Waals surface area contributed by atoms with Crippen LogP contribution < -0.4 is 4.90 Å². The predicted molar refractivity (Wildman–Crippen MR) is 68.2 cm³/mol. The average Bonchev–Trinajstić information content (AvgIpc) is 2.29. The van der Waals surface area contributed by atoms with E-state index in [1.54, 1.807) is 4.90 Å². The van der Waals surface area contributed by atoms with Crippen molar-refractivity contribution in [2.45, 2.75) is 16.6 Å². The predicted octanol–water partition coefficient (Wildman–Crippen LogP) is 0.341. The topological polar surface area (TPSA) is 40.0 Å². The fourth-order valence-corrected chi connectivity index (χ4v) is 1.89. The molecule has 6 heteroatoms. The van der Waals surface area contributed by atoms with E-state index in [2.05, 4.69) is 31.9 Å². The lowest BCUT2D eigenvalue weighted by molar-refractivity contribution is -0.908. The molecule has 1 rings (SSSR count). The molecule has 0 unspecified atom stereocenters. The number of hydrogen-bond acceptors (Lipinski definition) is 3. The molecule has 4 nitrogen and oxygen atoms in total. The molecule has 0 aromatic heterocycles. The molecule has 16 heavy (non-hydrogen) atoms. The number of alkyl halides is 2. The van der Waals surface area contributed by atoms with Gasteiger partial charge in [0, 0.05) is 0 Å². The third-order valence-corrected chi connectivity index (χ3v) is 3.29. The van der Waals surface area contributed by atoms with Crippen molar-refractivity contribution in [2.75, 3.05) is 39.5 Å². The minimum atomic E-state index is -0.384. The highest BCUT2D eigenvalue weighted by molar-refractivity contribution is 9.25. The van der Waals surface area contributed by atoms with Crippen LogP contribution in [0, 0.1) is 0 Å². The summed E-state index contributed by atoms with van der Waals surface area (Å²) in [6.45, 7) is 5.61. The Morgan fingerprint density at radius 1 is 1.31 bits per heavy atom. The van der Waals surface area contributed by atoms with E-state index in [1.807, 2.05) is 0 Å². The summed E-state index contributed by atoms with van der Waals surface area (Å²) in [5, 5.41) is 0. The lowest BCUT2D eigenvalue weighted by atomic mass is 10.3. The van der Waals surface area contributed by atoms with Gasteiger partial charge in [0.1, 0.15) is 13.1 Å². The molecule has 0 aliphatic carbocycles. The minimum absolute atomic E-state index is 0.251. The molecule has 1 heterocycles. The van der Waals surface area contributed by atoms with Crippen molar-refractivity contribution in [3.05, 3.63) is 0 Å². The van der Waals surface area contributed by atoms with Gasteiger partial charge in [0.25, 0.3) is 0 Å². The van der Waals surface area contributed by atoms with E-state index in [4.69, 9.17) is 9.47 Å². The van der Waals surface area contributed by atoms with Gasteiger partial charge in [-0.25, -0.2) is 4.79 Å². The third-order valence-electron chi connectivity index (χ3n) is 2.55. The molecule has 0 bridgehead atoms. The Labute approximate surface area is 113 Å². The lowest BCUT2D eigenvalue weighted by Crippen LogP contribution is -3.14. The fourth-order valence-electron chi connectivity index (χ4n) is 1.62. The summed E-state index contributed by atoms with van der Waals surface area (Å²) in [4.78, 5) is 12.7. The number of halogens is 2. The molecule has 1 N–H and O–H groups in total. The summed E-state index contributed by atoms with van der Waals surface area (Å²) in [5.74, 6) is -0.251. The third kappa shape index (κ3) is 6.18. The maximum absolute atomic E-state index is 11.1. The molecular weight excluding hydrogens is 342 g/mol. The number of esters is 1. The standard InChI is InChI=1S/C10H17Br2NO3/c11-9(12)10(14)16-6-2-1-3-13-4-7-15-8-5-13/h9H,1-8H2/p+1. The van der Waals surface area contributed by atoms with Crippen molar-refractivity contribution in [1.82, 2.24) is 0 Å². The van der Waals surface area contributed by atoms with Gasteiger partial charge >= 0.3 is 5.97 Å². The maximum Gasteiger partial charge on any atom is 0.330 e. The van der Waals surface area contributed by atoms with Crippen molar-refractivity contribution in [3.63, 3.8) is 0 Å². The second-order valence-corrected chi connectivity index (χ2v) is 6.85. The SMILES string of the molecule is O=C(OCCCC[NH+]1CCOCC1)C(Br)Br. The van der Waals surface area contributed by atoms with Crippen molar-refractivity contribution in [1.29, 1.82) is 0 Å². The highest BCUT2D eigenvalue weighted by atomic mass is 79.9. The van der Waals surface area contributed by atoms with E-state index in [0.717, 1.165) is 45.7 Å². The first kappa shape index (κ1) is 14.4. The van der Waals surface area contributed by atoms with E-state index >= 15 is 0 Å². The van der Waals surface area contributed by atoms with Crippen LogP contribution in [0.3, 0.4) is 0 Å². The van der Waals surface area contributed by atoms with Crippen molar-refractivity contribution in [2.24, 2.45) is 0 Å². The Morgan fingerprint density at radius 2 is 2.00 bits per heavy atom. The van der Waals surface area contributed by atoms with E-state index in [9.17, 15) is 4.79 Å². The molecule has 1 fully saturated rings. The number of morpholine rings is 1. The Morgan fingerprint density at radius 3 is 2.62 bits per heavy atom. The van der Waals surface area contributed by atoms with Crippen molar-refractivity contribution < 1.29 is 19.2 Å². The second-order valence-electron chi connectivity index (χ2n) is 3.79. The van der Waals surface area contributed by atoms with Gasteiger partial charge < -0.3 is 14.4 Å². The molecule has 1 aliphatic rings. The van der Waals surface area contributed by atoms with E-state index in [0.29, 0.717) is 6.61 Å². The average molecular weight is 360 g/mol. The first-order valence-electron chi connectivity index (χ1n) is 5.56. The monoisotopic (exact) mass is 358 g/mol. The number of carbonyl (C=O) groups is 1. The Bertz CT molecular complexity index is 208. The van der Waals surface area contributed by atoms with Gasteiger partial charge in [0.05, 0.1) is 26.4 Å². The molecule has 1 saturated heterocycles. The van der Waals surface area contributed by atoms with Crippen LogP contribution in [0.2, 0.25) is 0 Å². The summed E-state index contributed by atoms with van der Waals surface area (Å²) in [6, 6.07) is 0. The molecule has 1 aliphatic heterocycles. The van der Waals surface area contributed by atoms with Gasteiger partial charge in [-0.1, -0.05) is 31.9 Å². The highest BCUT2D eigenvalue weighted by Gasteiger charge is 2.14. The molecule has 0 aromatic carbocycles. The fraction of sp³-hybridized carbons (Fsp3) is 0.900. The molecule has 94 valence electrons. The Kier molecular flexibility index (Phi) is 7.60. The van der Waals surface area contributed by atoms with E-state index in [1.165, 1.54) is 0 Å². The zero-order chi connectivity index (χ0) is 11.8. The summed E-state index contributed by atoms with van der Waals surface area (Å²) in [5.41, 5.74) is 0. The van der Waals surface area contributed by atoms with Gasteiger partial charge in [-0.05, 0) is 12.8 Å². The largest absolute Gasteiger partial charge is 0.464 e. The number of nitrogens with one attached hydrogen (secondary N) is 1. The molecule has 0 amide bonds. The Balaban J connectivity index is 1.93. The van der Waals surface area contributed by atoms with Crippen LogP contribution in [0.4, 0.5) is 0 Å². The molecule has 0 spiro atoms. The van der Waals surface area contributed by atoms with E-state index < -0.39 is 0 Å². The first-order chi connectivity index (χ1) is 7.70. The van der Waals surface area contributed by atoms with Crippen LogP contribution in [0.25, 0.3) is 0 Å². The summed E-state index contributed by atoms with van der Waals surface area (Å²) >= 11 is 6.19. The normalized spacial score (nSPS) is 17.7. The summed E-state index contributed by atoms with van der Waals surface area (Å²) in [6.07, 6.45) is 2.03. The quantitative estimate of drug-likeness (QED) is 0.422. The zero-order valence-electron chi connectivity index (χ0n) is 9.21. The van der Waals surface area contributed by atoms with Crippen LogP contribution in [-0.4, -0.2) is 49.2 Å². The molecule has 0 radical (unpaired) electrons. The van der Waals surface area contributed by atoms with Gasteiger partial charge in [-0.15, -0.1) is 0 Å². The first-order valence-corrected chi connectivity index (χ1v) is 7.39. The number of hydrogen-bond donors (Lipinski definition) is 1. The van der Waals surface area contributed by atoms with E-state index in [-0.39, 0.29) is 9.71 Å². The van der Waals surface area contributed by atoms with Gasteiger partial charge in [0.15, 0.2) is 3.74 Å². The number of carbonyl (C=O) groups excluding carboxylic acids is 1. The van der Waals surface area contributed by atoms with Crippen LogP contribution in [0.15, 0.2) is 0 Å². The van der Waals surface area contributed by atoms with Gasteiger partial charge in [-0.3, -0.25) is 0 Å². The molecule has 0 saturated carbocycles. The second kappa shape index (κ2) is 8.44.